The Bertz CT molecular complexity index is 778. The van der Waals surface area contributed by atoms with Gasteiger partial charge in [-0.1, -0.05) is 6.07 Å². The van der Waals surface area contributed by atoms with Crippen LogP contribution in [0.1, 0.15) is 18.7 Å². The second-order valence-corrected chi connectivity index (χ2v) is 6.36. The summed E-state index contributed by atoms with van der Waals surface area (Å²) in [6, 6.07) is 7.40. The standard InChI is InChI=1S/C15H14FN3OS/c16-10-2-1-9-7-13(21-12(9)8-10)15-19-18-14(20-15)5-6-17-11-3-4-11/h1-2,7-8,11,17H,3-6H2. The van der Waals surface area contributed by atoms with Crippen molar-refractivity contribution in [1.29, 1.82) is 0 Å². The molecule has 0 unspecified atom stereocenters. The molecule has 1 fully saturated rings. The van der Waals surface area contributed by atoms with Gasteiger partial charge in [-0.15, -0.1) is 21.5 Å². The lowest BCUT2D eigenvalue weighted by molar-refractivity contribution is 0.495. The number of halogens is 1. The van der Waals surface area contributed by atoms with Crippen LogP contribution in [0, 0.1) is 5.82 Å². The Morgan fingerprint density at radius 2 is 2.19 bits per heavy atom. The second-order valence-electron chi connectivity index (χ2n) is 5.27. The molecule has 3 aromatic rings. The summed E-state index contributed by atoms with van der Waals surface area (Å²) in [5.41, 5.74) is 0. The summed E-state index contributed by atoms with van der Waals surface area (Å²) in [4.78, 5) is 0.879. The van der Waals surface area contributed by atoms with Crippen LogP contribution in [0.3, 0.4) is 0 Å². The highest BCUT2D eigenvalue weighted by molar-refractivity contribution is 7.22. The van der Waals surface area contributed by atoms with E-state index in [1.165, 1.54) is 36.3 Å². The zero-order valence-electron chi connectivity index (χ0n) is 11.3. The van der Waals surface area contributed by atoms with Gasteiger partial charge in [0.05, 0.1) is 4.88 Å². The summed E-state index contributed by atoms with van der Waals surface area (Å²) < 4.78 is 19.8. The van der Waals surface area contributed by atoms with Gasteiger partial charge in [0.25, 0.3) is 5.89 Å². The van der Waals surface area contributed by atoms with Gasteiger partial charge in [0.15, 0.2) is 0 Å². The predicted octanol–water partition coefficient (Wildman–Crippen LogP) is 3.38. The van der Waals surface area contributed by atoms with Gasteiger partial charge in [-0.05, 0) is 36.4 Å². The van der Waals surface area contributed by atoms with Gasteiger partial charge in [0.1, 0.15) is 5.82 Å². The number of nitrogens with one attached hydrogen (secondary N) is 1. The number of hydrogen-bond donors (Lipinski definition) is 1. The first kappa shape index (κ1) is 12.9. The first-order chi connectivity index (χ1) is 10.3. The van der Waals surface area contributed by atoms with Crippen LogP contribution in [0.4, 0.5) is 4.39 Å². The van der Waals surface area contributed by atoms with Crippen LogP contribution in [-0.4, -0.2) is 22.8 Å². The number of benzene rings is 1. The molecule has 4 nitrogen and oxygen atoms in total. The monoisotopic (exact) mass is 303 g/mol. The maximum Gasteiger partial charge on any atom is 0.257 e. The minimum absolute atomic E-state index is 0.228. The normalized spacial score (nSPS) is 14.9. The Hall–Kier alpha value is -1.79. The van der Waals surface area contributed by atoms with Crippen molar-refractivity contribution in [3.05, 3.63) is 36.0 Å². The van der Waals surface area contributed by atoms with Gasteiger partial charge in [0, 0.05) is 23.7 Å². The predicted molar refractivity (Wildman–Crippen MR) is 79.8 cm³/mol. The maximum atomic E-state index is 13.2. The molecule has 0 atom stereocenters. The fourth-order valence-electron chi connectivity index (χ4n) is 2.24. The van der Waals surface area contributed by atoms with E-state index in [9.17, 15) is 4.39 Å². The number of aromatic nitrogens is 2. The molecule has 0 aliphatic heterocycles. The molecular formula is C15H14FN3OS. The third-order valence-electron chi connectivity index (χ3n) is 3.51. The summed E-state index contributed by atoms with van der Waals surface area (Å²) >= 11 is 1.46. The van der Waals surface area contributed by atoms with Crippen molar-refractivity contribution in [3.63, 3.8) is 0 Å². The van der Waals surface area contributed by atoms with Crippen molar-refractivity contribution >= 4 is 21.4 Å². The van der Waals surface area contributed by atoms with Gasteiger partial charge >= 0.3 is 0 Å². The fraction of sp³-hybridized carbons (Fsp3) is 0.333. The highest BCUT2D eigenvalue weighted by Gasteiger charge is 2.20. The number of fused-ring (bicyclic) bond motifs is 1. The van der Waals surface area contributed by atoms with E-state index >= 15 is 0 Å². The lowest BCUT2D eigenvalue weighted by atomic mass is 10.2. The highest BCUT2D eigenvalue weighted by atomic mass is 32.1. The van der Waals surface area contributed by atoms with Crippen LogP contribution < -0.4 is 5.32 Å². The Balaban J connectivity index is 1.52. The number of nitrogens with zero attached hydrogens (tertiary/aromatic N) is 2. The molecule has 108 valence electrons. The molecule has 0 spiro atoms. The SMILES string of the molecule is Fc1ccc2cc(-c3nnc(CCNC4CC4)o3)sc2c1. The van der Waals surface area contributed by atoms with E-state index in [2.05, 4.69) is 15.5 Å². The lowest BCUT2D eigenvalue weighted by Crippen LogP contribution is -2.19. The molecule has 0 radical (unpaired) electrons. The third-order valence-corrected chi connectivity index (χ3v) is 4.59. The van der Waals surface area contributed by atoms with E-state index < -0.39 is 0 Å². The molecule has 6 heteroatoms. The Labute approximate surface area is 125 Å². The second kappa shape index (κ2) is 5.20. The summed E-state index contributed by atoms with van der Waals surface area (Å²) in [6.07, 6.45) is 3.28. The van der Waals surface area contributed by atoms with Gasteiger partial charge in [-0.3, -0.25) is 0 Å². The maximum absolute atomic E-state index is 13.2. The van der Waals surface area contributed by atoms with Gasteiger partial charge in [-0.2, -0.15) is 0 Å². The van der Waals surface area contributed by atoms with Crippen LogP contribution >= 0.6 is 11.3 Å². The minimum atomic E-state index is -0.228. The first-order valence-corrected chi connectivity index (χ1v) is 7.85. The molecule has 0 saturated heterocycles. The largest absolute Gasteiger partial charge is 0.420 e. The van der Waals surface area contributed by atoms with Crippen molar-refractivity contribution in [2.45, 2.75) is 25.3 Å². The zero-order chi connectivity index (χ0) is 14.2. The van der Waals surface area contributed by atoms with Crippen molar-refractivity contribution in [3.8, 4) is 10.8 Å². The van der Waals surface area contributed by atoms with Crippen LogP contribution in [0.2, 0.25) is 0 Å². The van der Waals surface area contributed by atoms with E-state index in [1.54, 1.807) is 6.07 Å². The van der Waals surface area contributed by atoms with Gasteiger partial charge in [-0.25, -0.2) is 4.39 Å². The van der Waals surface area contributed by atoms with E-state index in [4.69, 9.17) is 4.42 Å². The van der Waals surface area contributed by atoms with Crippen LogP contribution in [-0.2, 0) is 6.42 Å². The number of hydrogen-bond acceptors (Lipinski definition) is 5. The average Bonchev–Trinajstić information content (AvgIpc) is 3.00. The summed E-state index contributed by atoms with van der Waals surface area (Å²) in [6.45, 7) is 0.865. The highest BCUT2D eigenvalue weighted by Crippen LogP contribution is 2.33. The van der Waals surface area contributed by atoms with Crippen molar-refractivity contribution in [2.75, 3.05) is 6.54 Å². The summed E-state index contributed by atoms with van der Waals surface area (Å²) in [7, 11) is 0. The van der Waals surface area contributed by atoms with Crippen LogP contribution in [0.25, 0.3) is 20.9 Å². The lowest BCUT2D eigenvalue weighted by Gasteiger charge is -1.97. The molecule has 1 N–H and O–H groups in total. The van der Waals surface area contributed by atoms with E-state index in [1.807, 2.05) is 6.07 Å². The summed E-state index contributed by atoms with van der Waals surface area (Å²) in [5, 5.41) is 12.6. The van der Waals surface area contributed by atoms with Gasteiger partial charge in [0.2, 0.25) is 5.89 Å². The molecular weight excluding hydrogens is 289 g/mol. The molecule has 0 bridgehead atoms. The fourth-order valence-corrected chi connectivity index (χ4v) is 3.24. The average molecular weight is 303 g/mol. The van der Waals surface area contributed by atoms with Crippen molar-refractivity contribution in [1.82, 2.24) is 15.5 Å². The molecule has 1 aliphatic rings. The van der Waals surface area contributed by atoms with E-state index in [-0.39, 0.29) is 5.82 Å². The molecule has 2 heterocycles. The quantitative estimate of drug-likeness (QED) is 0.785. The van der Waals surface area contributed by atoms with Crippen LogP contribution in [0.15, 0.2) is 28.7 Å². The molecule has 1 saturated carbocycles. The van der Waals surface area contributed by atoms with E-state index in [0.29, 0.717) is 17.8 Å². The Morgan fingerprint density at radius 3 is 3.05 bits per heavy atom. The topological polar surface area (TPSA) is 51.0 Å². The van der Waals surface area contributed by atoms with E-state index in [0.717, 1.165) is 27.9 Å². The van der Waals surface area contributed by atoms with Crippen molar-refractivity contribution < 1.29 is 8.81 Å². The molecule has 2 aromatic heterocycles. The summed E-state index contributed by atoms with van der Waals surface area (Å²) in [5.74, 6) is 0.924. The van der Waals surface area contributed by atoms with Crippen LogP contribution in [0.5, 0.6) is 0 Å². The van der Waals surface area contributed by atoms with Crippen molar-refractivity contribution in [2.24, 2.45) is 0 Å². The minimum Gasteiger partial charge on any atom is -0.420 e. The molecule has 1 aliphatic carbocycles. The Morgan fingerprint density at radius 1 is 1.29 bits per heavy atom. The number of thiophene rings is 1. The first-order valence-electron chi connectivity index (χ1n) is 7.03. The number of rotatable bonds is 5. The Kier molecular flexibility index (Phi) is 3.20. The molecule has 0 amide bonds. The third kappa shape index (κ3) is 2.82. The van der Waals surface area contributed by atoms with Gasteiger partial charge < -0.3 is 9.73 Å². The smallest absolute Gasteiger partial charge is 0.257 e. The molecule has 4 rings (SSSR count). The molecule has 21 heavy (non-hydrogen) atoms. The molecule has 1 aromatic carbocycles. The zero-order valence-corrected chi connectivity index (χ0v) is 12.1.